The average molecular weight is 397 g/mol. The standard InChI is InChI=1S/C16H30N2O.C6H10O3/c1-6-17-10-9-15(11-12(2)3)19-16-8-7-13(4)18-14(16)5;1-3-5(7)4(2)6(8)9/h7-8,12,14-15,17-18H,6,9-11H2,1-5H3;3-5,7H,1H2,2H3,(H,8,9). The number of nitrogens with one attached hydrogen (secondary N) is 2. The third-order valence-corrected chi connectivity index (χ3v) is 4.44. The number of dihydropyridines is 1. The van der Waals surface area contributed by atoms with Gasteiger partial charge in [0, 0.05) is 5.70 Å². The van der Waals surface area contributed by atoms with Gasteiger partial charge in [0.15, 0.2) is 0 Å². The third-order valence-electron chi connectivity index (χ3n) is 4.44. The fourth-order valence-electron chi connectivity index (χ4n) is 2.69. The van der Waals surface area contributed by atoms with Crippen molar-refractivity contribution in [3.05, 3.63) is 36.3 Å². The number of hydrogen-bond acceptors (Lipinski definition) is 5. The summed E-state index contributed by atoms with van der Waals surface area (Å²) in [5.74, 6) is -0.0472. The molecule has 4 atom stereocenters. The molecule has 0 aromatic heterocycles. The van der Waals surface area contributed by atoms with Crippen LogP contribution in [0.5, 0.6) is 0 Å². The van der Waals surface area contributed by atoms with Gasteiger partial charge in [-0.15, -0.1) is 6.58 Å². The molecule has 28 heavy (non-hydrogen) atoms. The van der Waals surface area contributed by atoms with E-state index in [1.807, 2.05) is 0 Å². The largest absolute Gasteiger partial charge is 0.493 e. The number of aliphatic hydroxyl groups excluding tert-OH is 1. The number of ether oxygens (including phenoxy) is 1. The first-order valence-corrected chi connectivity index (χ1v) is 10.2. The molecule has 0 aromatic carbocycles. The number of rotatable bonds is 11. The molecule has 0 saturated heterocycles. The highest BCUT2D eigenvalue weighted by molar-refractivity contribution is 5.70. The lowest BCUT2D eigenvalue weighted by Crippen LogP contribution is -2.33. The SMILES string of the molecule is C=CC(O)C(C)C(=O)O.CCNCCC(CC(C)C)OC1=CC=C(C)NC1C. The molecule has 1 aliphatic heterocycles. The van der Waals surface area contributed by atoms with Crippen LogP contribution >= 0.6 is 0 Å². The Labute approximate surface area is 170 Å². The first kappa shape index (κ1) is 26.2. The van der Waals surface area contributed by atoms with E-state index in [1.165, 1.54) is 18.7 Å². The molecule has 4 unspecified atom stereocenters. The highest BCUT2D eigenvalue weighted by Crippen LogP contribution is 2.19. The van der Waals surface area contributed by atoms with E-state index >= 15 is 0 Å². The normalized spacial score (nSPS) is 19.2. The Bertz CT molecular complexity index is 529. The lowest BCUT2D eigenvalue weighted by molar-refractivity contribution is -0.143. The van der Waals surface area contributed by atoms with E-state index in [9.17, 15) is 4.79 Å². The van der Waals surface area contributed by atoms with Gasteiger partial charge in [0.1, 0.15) is 5.76 Å². The molecular formula is C22H40N2O4. The van der Waals surface area contributed by atoms with Crippen molar-refractivity contribution < 1.29 is 19.7 Å². The minimum absolute atomic E-state index is 0.277. The quantitative estimate of drug-likeness (QED) is 0.316. The van der Waals surface area contributed by atoms with Crippen molar-refractivity contribution in [1.82, 2.24) is 10.6 Å². The molecular weight excluding hydrogens is 356 g/mol. The van der Waals surface area contributed by atoms with Crippen LogP contribution in [-0.2, 0) is 9.53 Å². The first-order chi connectivity index (χ1) is 13.1. The third kappa shape index (κ3) is 11.1. The smallest absolute Gasteiger partial charge is 0.309 e. The van der Waals surface area contributed by atoms with Crippen LogP contribution in [0.15, 0.2) is 36.3 Å². The van der Waals surface area contributed by atoms with E-state index in [1.54, 1.807) is 0 Å². The van der Waals surface area contributed by atoms with Gasteiger partial charge < -0.3 is 25.6 Å². The molecule has 4 N–H and O–H groups in total. The summed E-state index contributed by atoms with van der Waals surface area (Å²) in [6.07, 6.45) is 6.95. The van der Waals surface area contributed by atoms with Crippen LogP contribution in [0, 0.1) is 11.8 Å². The van der Waals surface area contributed by atoms with Crippen molar-refractivity contribution in [3.8, 4) is 0 Å². The van der Waals surface area contributed by atoms with Gasteiger partial charge in [-0.3, -0.25) is 4.79 Å². The van der Waals surface area contributed by atoms with Crippen LogP contribution in [0.1, 0.15) is 54.4 Å². The van der Waals surface area contributed by atoms with Gasteiger partial charge in [0.05, 0.1) is 24.2 Å². The monoisotopic (exact) mass is 396 g/mol. The van der Waals surface area contributed by atoms with E-state index in [-0.39, 0.29) is 6.04 Å². The zero-order valence-corrected chi connectivity index (χ0v) is 18.4. The summed E-state index contributed by atoms with van der Waals surface area (Å²) in [5.41, 5.74) is 1.20. The van der Waals surface area contributed by atoms with E-state index in [0.29, 0.717) is 12.0 Å². The van der Waals surface area contributed by atoms with E-state index in [0.717, 1.165) is 31.7 Å². The van der Waals surface area contributed by atoms with Crippen molar-refractivity contribution in [2.24, 2.45) is 11.8 Å². The zero-order chi connectivity index (χ0) is 21.7. The second-order valence-electron chi connectivity index (χ2n) is 7.65. The highest BCUT2D eigenvalue weighted by atomic mass is 16.5. The zero-order valence-electron chi connectivity index (χ0n) is 18.4. The predicted molar refractivity (Wildman–Crippen MR) is 115 cm³/mol. The minimum Gasteiger partial charge on any atom is -0.493 e. The van der Waals surface area contributed by atoms with Crippen molar-refractivity contribution in [2.75, 3.05) is 13.1 Å². The van der Waals surface area contributed by atoms with Crippen LogP contribution in [0.25, 0.3) is 0 Å². The molecule has 0 aliphatic carbocycles. The molecule has 0 aromatic rings. The number of aliphatic hydroxyl groups is 1. The minimum atomic E-state index is -1.01. The molecule has 0 fully saturated rings. The van der Waals surface area contributed by atoms with E-state index in [2.05, 4.69) is 64.0 Å². The summed E-state index contributed by atoms with van der Waals surface area (Å²) in [6, 6.07) is 0.277. The molecule has 0 saturated carbocycles. The summed E-state index contributed by atoms with van der Waals surface area (Å²) in [5, 5.41) is 23.9. The van der Waals surface area contributed by atoms with Gasteiger partial charge >= 0.3 is 5.97 Å². The van der Waals surface area contributed by atoms with Gasteiger partial charge in [-0.2, -0.15) is 0 Å². The fraction of sp³-hybridized carbons (Fsp3) is 0.682. The first-order valence-electron chi connectivity index (χ1n) is 10.2. The van der Waals surface area contributed by atoms with Crippen LogP contribution < -0.4 is 10.6 Å². The maximum atomic E-state index is 10.1. The van der Waals surface area contributed by atoms with Crippen LogP contribution in [0.2, 0.25) is 0 Å². The fourth-order valence-corrected chi connectivity index (χ4v) is 2.69. The van der Waals surface area contributed by atoms with Gasteiger partial charge in [-0.25, -0.2) is 0 Å². The highest BCUT2D eigenvalue weighted by Gasteiger charge is 2.19. The number of carboxylic acid groups (broad SMARTS) is 1. The topological polar surface area (TPSA) is 90.8 Å². The van der Waals surface area contributed by atoms with Crippen molar-refractivity contribution in [1.29, 1.82) is 0 Å². The molecule has 1 rings (SSSR count). The molecule has 1 heterocycles. The number of hydrogen-bond donors (Lipinski definition) is 4. The molecule has 162 valence electrons. The second kappa shape index (κ2) is 14.2. The molecule has 0 bridgehead atoms. The number of carboxylic acids is 1. The summed E-state index contributed by atoms with van der Waals surface area (Å²) < 4.78 is 6.22. The van der Waals surface area contributed by atoms with Crippen LogP contribution in [0.3, 0.4) is 0 Å². The lowest BCUT2D eigenvalue weighted by atomic mass is 10.0. The maximum Gasteiger partial charge on any atom is 0.309 e. The Balaban J connectivity index is 0.000000684. The Morgan fingerprint density at radius 3 is 2.46 bits per heavy atom. The van der Waals surface area contributed by atoms with Crippen molar-refractivity contribution in [3.63, 3.8) is 0 Å². The predicted octanol–water partition coefficient (Wildman–Crippen LogP) is 3.45. The van der Waals surface area contributed by atoms with Crippen molar-refractivity contribution >= 4 is 5.97 Å². The van der Waals surface area contributed by atoms with Crippen molar-refractivity contribution in [2.45, 2.75) is 72.6 Å². The Morgan fingerprint density at radius 1 is 1.39 bits per heavy atom. The Morgan fingerprint density at radius 2 is 2.04 bits per heavy atom. The molecule has 0 radical (unpaired) electrons. The number of carbonyl (C=O) groups is 1. The van der Waals surface area contributed by atoms with Gasteiger partial charge in [-0.1, -0.05) is 26.8 Å². The van der Waals surface area contributed by atoms with E-state index in [4.69, 9.17) is 14.9 Å². The van der Waals surface area contributed by atoms with Crippen LogP contribution in [-0.4, -0.2) is 47.5 Å². The number of allylic oxidation sites excluding steroid dienone is 3. The van der Waals surface area contributed by atoms with Crippen LogP contribution in [0.4, 0.5) is 0 Å². The molecule has 0 amide bonds. The average Bonchev–Trinajstić information content (AvgIpc) is 2.62. The molecule has 0 spiro atoms. The summed E-state index contributed by atoms with van der Waals surface area (Å²) >= 11 is 0. The lowest BCUT2D eigenvalue weighted by Gasteiger charge is -2.28. The van der Waals surface area contributed by atoms with Gasteiger partial charge in [0.2, 0.25) is 0 Å². The molecule has 6 nitrogen and oxygen atoms in total. The Hall–Kier alpha value is -1.79. The summed E-state index contributed by atoms with van der Waals surface area (Å²) in [6.45, 7) is 17.6. The maximum absolute atomic E-state index is 10.1. The second-order valence-corrected chi connectivity index (χ2v) is 7.65. The number of aliphatic carboxylic acids is 1. The summed E-state index contributed by atoms with van der Waals surface area (Å²) in [4.78, 5) is 10.1. The van der Waals surface area contributed by atoms with E-state index < -0.39 is 18.0 Å². The van der Waals surface area contributed by atoms with Gasteiger partial charge in [-0.05, 0) is 64.8 Å². The Kier molecular flexibility index (Phi) is 13.3. The molecule has 6 heteroatoms. The summed E-state index contributed by atoms with van der Waals surface area (Å²) in [7, 11) is 0. The molecule has 1 aliphatic rings. The van der Waals surface area contributed by atoms with Gasteiger partial charge in [0.25, 0.3) is 0 Å².